The molecule has 0 unspecified atom stereocenters. The van der Waals surface area contributed by atoms with Crippen molar-refractivity contribution < 1.29 is 14.6 Å². The molecule has 7 heteroatoms. The van der Waals surface area contributed by atoms with Gasteiger partial charge in [0.25, 0.3) is 0 Å². The highest BCUT2D eigenvalue weighted by atomic mass is 16.5. The van der Waals surface area contributed by atoms with Gasteiger partial charge >= 0.3 is 0 Å². The van der Waals surface area contributed by atoms with E-state index in [-0.39, 0.29) is 5.75 Å². The number of rotatable bonds is 7. The van der Waals surface area contributed by atoms with Crippen LogP contribution in [0, 0.1) is 0 Å². The molecule has 1 aromatic heterocycles. The number of benzene rings is 1. The van der Waals surface area contributed by atoms with Gasteiger partial charge in [-0.15, -0.1) is 0 Å². The van der Waals surface area contributed by atoms with Gasteiger partial charge in [-0.25, -0.2) is 4.98 Å². The number of hydrogen-bond donors (Lipinski definition) is 3. The zero-order chi connectivity index (χ0) is 19.2. The molecular formula is C20H26N4O3. The molecule has 0 aliphatic carbocycles. The Kier molecular flexibility index (Phi) is 6.13. The van der Waals surface area contributed by atoms with Crippen LogP contribution in [0.2, 0.25) is 0 Å². The van der Waals surface area contributed by atoms with Gasteiger partial charge < -0.3 is 25.8 Å². The number of aromatic hydroxyl groups is 1. The topological polar surface area (TPSA) is 101 Å². The molecule has 27 heavy (non-hydrogen) atoms. The first kappa shape index (κ1) is 19.0. The number of pyridine rings is 1. The summed E-state index contributed by atoms with van der Waals surface area (Å²) in [6, 6.07) is 9.30. The van der Waals surface area contributed by atoms with Crippen molar-refractivity contribution in [1.29, 1.82) is 0 Å². The Morgan fingerprint density at radius 1 is 1.33 bits per heavy atom. The lowest BCUT2D eigenvalue weighted by molar-refractivity contribution is 0.1000. The summed E-state index contributed by atoms with van der Waals surface area (Å²) in [6.45, 7) is 4.93. The fraction of sp³-hybridized carbons (Fsp3) is 0.400. The fourth-order valence-electron chi connectivity index (χ4n) is 3.34. The molecule has 1 saturated heterocycles. The minimum atomic E-state index is -0.484. The lowest BCUT2D eigenvalue weighted by Crippen LogP contribution is -2.43. The number of aromatic nitrogens is 1. The predicted octanol–water partition coefficient (Wildman–Crippen LogP) is 2.04. The van der Waals surface area contributed by atoms with E-state index in [4.69, 9.17) is 10.5 Å². The molecule has 1 fully saturated rings. The average Bonchev–Trinajstić information content (AvgIpc) is 2.69. The molecule has 0 radical (unpaired) electrons. The first-order valence-electron chi connectivity index (χ1n) is 9.26. The SMILES string of the molecule is CCOc1cc(CN(c2ccc(C(N)=O)cn2)C2CCNCC2)ccc1O. The third kappa shape index (κ3) is 4.68. The van der Waals surface area contributed by atoms with Gasteiger partial charge in [0, 0.05) is 18.8 Å². The first-order chi connectivity index (χ1) is 13.1. The maximum Gasteiger partial charge on any atom is 0.250 e. The van der Waals surface area contributed by atoms with Crippen LogP contribution in [0.15, 0.2) is 36.5 Å². The second kappa shape index (κ2) is 8.73. The van der Waals surface area contributed by atoms with Crippen molar-refractivity contribution in [3.05, 3.63) is 47.7 Å². The van der Waals surface area contributed by atoms with Gasteiger partial charge in [0.2, 0.25) is 5.91 Å². The number of piperidine rings is 1. The van der Waals surface area contributed by atoms with E-state index in [0.717, 1.165) is 37.3 Å². The van der Waals surface area contributed by atoms with Crippen molar-refractivity contribution >= 4 is 11.7 Å². The van der Waals surface area contributed by atoms with Crippen LogP contribution >= 0.6 is 0 Å². The van der Waals surface area contributed by atoms with Crippen LogP contribution in [0.1, 0.15) is 35.7 Å². The summed E-state index contributed by atoms with van der Waals surface area (Å²) in [5.74, 6) is 0.940. The summed E-state index contributed by atoms with van der Waals surface area (Å²) in [7, 11) is 0. The highest BCUT2D eigenvalue weighted by Crippen LogP contribution is 2.29. The van der Waals surface area contributed by atoms with Crippen molar-refractivity contribution in [1.82, 2.24) is 10.3 Å². The van der Waals surface area contributed by atoms with Gasteiger partial charge in [-0.3, -0.25) is 4.79 Å². The number of anilines is 1. The van der Waals surface area contributed by atoms with E-state index >= 15 is 0 Å². The quantitative estimate of drug-likeness (QED) is 0.690. The van der Waals surface area contributed by atoms with E-state index in [1.165, 1.54) is 6.20 Å². The van der Waals surface area contributed by atoms with E-state index in [1.54, 1.807) is 12.1 Å². The van der Waals surface area contributed by atoms with Crippen LogP contribution in [-0.2, 0) is 6.54 Å². The highest BCUT2D eigenvalue weighted by molar-refractivity contribution is 5.92. The van der Waals surface area contributed by atoms with Crippen LogP contribution in [0.4, 0.5) is 5.82 Å². The molecular weight excluding hydrogens is 344 g/mol. The summed E-state index contributed by atoms with van der Waals surface area (Å²) in [4.78, 5) is 18.0. The Morgan fingerprint density at radius 3 is 2.74 bits per heavy atom. The predicted molar refractivity (Wildman–Crippen MR) is 104 cm³/mol. The maximum absolute atomic E-state index is 11.3. The summed E-state index contributed by atoms with van der Waals surface area (Å²) < 4.78 is 5.51. The number of phenols is 1. The second-order valence-corrected chi connectivity index (χ2v) is 6.61. The molecule has 4 N–H and O–H groups in total. The number of carbonyl (C=O) groups excluding carboxylic acids is 1. The van der Waals surface area contributed by atoms with E-state index in [2.05, 4.69) is 15.2 Å². The van der Waals surface area contributed by atoms with E-state index in [0.29, 0.717) is 30.5 Å². The molecule has 0 bridgehead atoms. The molecule has 2 aromatic rings. The maximum atomic E-state index is 11.3. The Hall–Kier alpha value is -2.80. The Labute approximate surface area is 159 Å². The molecule has 0 atom stereocenters. The zero-order valence-corrected chi connectivity index (χ0v) is 15.5. The number of hydrogen-bond acceptors (Lipinski definition) is 6. The number of nitrogens with zero attached hydrogens (tertiary/aromatic N) is 2. The van der Waals surface area contributed by atoms with Crippen molar-refractivity contribution in [3.63, 3.8) is 0 Å². The molecule has 144 valence electrons. The molecule has 7 nitrogen and oxygen atoms in total. The number of carbonyl (C=O) groups is 1. The van der Waals surface area contributed by atoms with Crippen molar-refractivity contribution in [2.45, 2.75) is 32.4 Å². The molecule has 1 amide bonds. The normalized spacial score (nSPS) is 14.7. The Morgan fingerprint density at radius 2 is 2.11 bits per heavy atom. The second-order valence-electron chi connectivity index (χ2n) is 6.61. The number of phenolic OH excluding ortho intramolecular Hbond substituents is 1. The lowest BCUT2D eigenvalue weighted by atomic mass is 10.0. The molecule has 1 aromatic carbocycles. The Balaban J connectivity index is 1.88. The van der Waals surface area contributed by atoms with Crippen LogP contribution < -0.4 is 20.7 Å². The van der Waals surface area contributed by atoms with Crippen LogP contribution in [0.25, 0.3) is 0 Å². The number of nitrogens with one attached hydrogen (secondary N) is 1. The van der Waals surface area contributed by atoms with Gasteiger partial charge in [-0.05, 0) is 62.7 Å². The molecule has 3 rings (SSSR count). The van der Waals surface area contributed by atoms with Crippen molar-refractivity contribution in [3.8, 4) is 11.5 Å². The number of amides is 1. The molecule has 1 aliphatic rings. The van der Waals surface area contributed by atoms with Gasteiger partial charge in [0.05, 0.1) is 12.2 Å². The van der Waals surface area contributed by atoms with E-state index < -0.39 is 5.91 Å². The fourth-order valence-corrected chi connectivity index (χ4v) is 3.34. The number of nitrogens with two attached hydrogens (primary N) is 1. The van der Waals surface area contributed by atoms with Gasteiger partial charge in [0.15, 0.2) is 11.5 Å². The van der Waals surface area contributed by atoms with Crippen LogP contribution in [0.3, 0.4) is 0 Å². The van der Waals surface area contributed by atoms with Gasteiger partial charge in [-0.1, -0.05) is 6.07 Å². The minimum Gasteiger partial charge on any atom is -0.504 e. The summed E-state index contributed by atoms with van der Waals surface area (Å²) >= 11 is 0. The van der Waals surface area contributed by atoms with Gasteiger partial charge in [-0.2, -0.15) is 0 Å². The van der Waals surface area contributed by atoms with Gasteiger partial charge in [0.1, 0.15) is 5.82 Å². The van der Waals surface area contributed by atoms with E-state index in [9.17, 15) is 9.90 Å². The van der Waals surface area contributed by atoms with Crippen molar-refractivity contribution in [2.75, 3.05) is 24.6 Å². The summed E-state index contributed by atoms with van der Waals surface area (Å²) in [6.07, 6.45) is 3.54. The van der Waals surface area contributed by atoms with Crippen molar-refractivity contribution in [2.24, 2.45) is 5.73 Å². The molecule has 0 spiro atoms. The minimum absolute atomic E-state index is 0.137. The monoisotopic (exact) mass is 370 g/mol. The molecule has 0 saturated carbocycles. The smallest absolute Gasteiger partial charge is 0.250 e. The lowest BCUT2D eigenvalue weighted by Gasteiger charge is -2.35. The largest absolute Gasteiger partial charge is 0.504 e. The first-order valence-corrected chi connectivity index (χ1v) is 9.26. The third-order valence-electron chi connectivity index (χ3n) is 4.75. The average molecular weight is 370 g/mol. The Bertz CT molecular complexity index is 773. The van der Waals surface area contributed by atoms with Crippen LogP contribution in [-0.4, -0.2) is 41.7 Å². The summed E-state index contributed by atoms with van der Waals surface area (Å²) in [5, 5.41) is 13.3. The van der Waals surface area contributed by atoms with Crippen LogP contribution in [0.5, 0.6) is 11.5 Å². The highest BCUT2D eigenvalue weighted by Gasteiger charge is 2.23. The molecule has 1 aliphatic heterocycles. The standard InChI is InChI=1S/C20H26N4O3/c1-2-27-18-11-14(3-5-17(18)25)13-24(16-7-9-22-10-8-16)19-6-4-15(12-23-19)20(21)26/h3-6,11-12,16,22,25H,2,7-10,13H2,1H3,(H2,21,26). The number of primary amides is 1. The summed E-state index contributed by atoms with van der Waals surface area (Å²) in [5.41, 5.74) is 6.75. The van der Waals surface area contributed by atoms with E-state index in [1.807, 2.05) is 25.1 Å². The number of ether oxygens (including phenoxy) is 1. The molecule has 2 heterocycles. The third-order valence-corrected chi connectivity index (χ3v) is 4.75. The zero-order valence-electron chi connectivity index (χ0n) is 15.5.